The molecule has 2 aromatic carbocycles. The number of carbonyl (C=O) groups is 3. The molecule has 10 heteroatoms. The predicted octanol–water partition coefficient (Wildman–Crippen LogP) is 5.26. The van der Waals surface area contributed by atoms with E-state index in [9.17, 15) is 19.5 Å². The lowest BCUT2D eigenvalue weighted by Gasteiger charge is -2.24. The van der Waals surface area contributed by atoms with Gasteiger partial charge in [-0.2, -0.15) is 0 Å². The van der Waals surface area contributed by atoms with Crippen molar-refractivity contribution in [2.24, 2.45) is 0 Å². The van der Waals surface area contributed by atoms with Crippen molar-refractivity contribution in [3.63, 3.8) is 0 Å². The van der Waals surface area contributed by atoms with Gasteiger partial charge in [-0.1, -0.05) is 47.7 Å². The van der Waals surface area contributed by atoms with E-state index in [1.54, 1.807) is 37.3 Å². The van der Waals surface area contributed by atoms with E-state index in [1.807, 2.05) is 30.3 Å². The quantitative estimate of drug-likeness (QED) is 0.135. The van der Waals surface area contributed by atoms with Crippen molar-refractivity contribution in [3.05, 3.63) is 106 Å². The molecule has 202 valence electrons. The predicted molar refractivity (Wildman–Crippen MR) is 150 cm³/mol. The summed E-state index contributed by atoms with van der Waals surface area (Å²) in [7, 11) is 1.49. The van der Waals surface area contributed by atoms with Crippen LogP contribution in [0.15, 0.2) is 78.6 Å². The van der Waals surface area contributed by atoms with Crippen LogP contribution in [0.2, 0.25) is 0 Å². The third-order valence-corrected chi connectivity index (χ3v) is 7.71. The van der Waals surface area contributed by atoms with Gasteiger partial charge in [-0.15, -0.1) is 0 Å². The Labute approximate surface area is 234 Å². The Balaban J connectivity index is 1.63. The van der Waals surface area contributed by atoms with Gasteiger partial charge < -0.3 is 14.6 Å². The van der Waals surface area contributed by atoms with Gasteiger partial charge in [0.05, 0.1) is 29.3 Å². The molecule has 1 unspecified atom stereocenters. The summed E-state index contributed by atoms with van der Waals surface area (Å²) >= 11 is 1.02. The molecule has 0 radical (unpaired) electrons. The second-order valence-electron chi connectivity index (χ2n) is 9.06. The van der Waals surface area contributed by atoms with Gasteiger partial charge in [-0.05, 0) is 42.3 Å². The average molecular weight is 556 g/mol. The van der Waals surface area contributed by atoms with Crippen molar-refractivity contribution in [2.75, 3.05) is 12.0 Å². The monoisotopic (exact) mass is 555 g/mol. The first kappa shape index (κ1) is 26.8. The van der Waals surface area contributed by atoms with Crippen LogP contribution in [0.1, 0.15) is 45.0 Å². The lowest BCUT2D eigenvalue weighted by molar-refractivity contribution is -0.132. The molecule has 40 heavy (non-hydrogen) atoms. The number of hydrogen-bond acceptors (Lipinski definition) is 9. The Kier molecular flexibility index (Phi) is 7.43. The molecular formula is C30H25N3O6S. The van der Waals surface area contributed by atoms with Gasteiger partial charge in [-0.3, -0.25) is 24.3 Å². The normalized spacial score (nSPS) is 16.3. The van der Waals surface area contributed by atoms with E-state index in [0.717, 1.165) is 16.9 Å². The zero-order valence-electron chi connectivity index (χ0n) is 22.0. The molecule has 0 saturated carbocycles. The number of aryl methyl sites for hydroxylation is 1. The maximum absolute atomic E-state index is 13.5. The lowest BCUT2D eigenvalue weighted by Crippen LogP contribution is -2.29. The van der Waals surface area contributed by atoms with Crippen molar-refractivity contribution in [1.29, 1.82) is 0 Å². The topological polar surface area (TPSA) is 119 Å². The van der Waals surface area contributed by atoms with Crippen molar-refractivity contribution in [3.8, 4) is 11.5 Å². The molecule has 5 rings (SSSR count). The molecule has 2 aromatic heterocycles. The SMILES string of the molecule is COc1cc(C2/C(=C(\O)c3ccncc3)C(=O)C(=O)N2c2nc(C)c(C(C)=O)s2)ccc1OCc1ccccc1. The van der Waals surface area contributed by atoms with E-state index in [4.69, 9.17) is 9.47 Å². The molecule has 1 fully saturated rings. The van der Waals surface area contributed by atoms with Crippen molar-refractivity contribution in [2.45, 2.75) is 26.5 Å². The molecule has 1 saturated heterocycles. The van der Waals surface area contributed by atoms with Gasteiger partial charge in [-0.25, -0.2) is 4.98 Å². The Bertz CT molecular complexity index is 1630. The smallest absolute Gasteiger partial charge is 0.301 e. The minimum atomic E-state index is -1.05. The van der Waals surface area contributed by atoms with Gasteiger partial charge in [0.15, 0.2) is 22.4 Å². The molecule has 1 atom stereocenters. The summed E-state index contributed by atoms with van der Waals surface area (Å²) in [5.74, 6) is -1.45. The maximum atomic E-state index is 13.5. The summed E-state index contributed by atoms with van der Waals surface area (Å²) in [6.45, 7) is 3.39. The molecule has 0 bridgehead atoms. The molecular weight excluding hydrogens is 530 g/mol. The summed E-state index contributed by atoms with van der Waals surface area (Å²) in [5, 5.41) is 11.4. The third-order valence-electron chi connectivity index (χ3n) is 6.45. The first-order valence-corrected chi connectivity index (χ1v) is 13.2. The molecule has 3 heterocycles. The van der Waals surface area contributed by atoms with Gasteiger partial charge in [0, 0.05) is 24.9 Å². The molecule has 1 aliphatic rings. The lowest BCUT2D eigenvalue weighted by atomic mass is 9.95. The van der Waals surface area contributed by atoms with Crippen molar-refractivity contribution >= 4 is 39.7 Å². The van der Waals surface area contributed by atoms with Crippen LogP contribution in [0.5, 0.6) is 11.5 Å². The van der Waals surface area contributed by atoms with E-state index in [0.29, 0.717) is 39.8 Å². The van der Waals surface area contributed by atoms with Crippen LogP contribution in [0.25, 0.3) is 5.76 Å². The van der Waals surface area contributed by atoms with Crippen LogP contribution in [-0.4, -0.2) is 39.7 Å². The number of pyridine rings is 1. The van der Waals surface area contributed by atoms with Gasteiger partial charge >= 0.3 is 5.91 Å². The molecule has 9 nitrogen and oxygen atoms in total. The fourth-order valence-corrected chi connectivity index (χ4v) is 5.52. The maximum Gasteiger partial charge on any atom is 0.301 e. The Morgan fingerprint density at radius 1 is 1.05 bits per heavy atom. The number of aromatic nitrogens is 2. The van der Waals surface area contributed by atoms with Crippen LogP contribution in [-0.2, 0) is 16.2 Å². The molecule has 0 aliphatic carbocycles. The van der Waals surface area contributed by atoms with Crippen LogP contribution in [0, 0.1) is 6.92 Å². The number of ketones is 2. The molecule has 1 amide bonds. The molecule has 1 N–H and O–H groups in total. The number of Topliss-reactive ketones (excluding diaryl/α,β-unsaturated/α-hetero) is 2. The number of rotatable bonds is 8. The first-order valence-electron chi connectivity index (χ1n) is 12.3. The van der Waals surface area contributed by atoms with Gasteiger partial charge in [0.1, 0.15) is 12.4 Å². The van der Waals surface area contributed by atoms with E-state index < -0.39 is 17.7 Å². The zero-order valence-corrected chi connectivity index (χ0v) is 22.8. The Morgan fingerprint density at radius 3 is 2.42 bits per heavy atom. The van der Waals surface area contributed by atoms with Crippen LogP contribution < -0.4 is 14.4 Å². The summed E-state index contributed by atoms with van der Waals surface area (Å²) in [6.07, 6.45) is 2.96. The van der Waals surface area contributed by atoms with Crippen LogP contribution in [0.4, 0.5) is 5.13 Å². The molecule has 0 spiro atoms. The number of methoxy groups -OCH3 is 1. The summed E-state index contributed by atoms with van der Waals surface area (Å²) in [4.78, 5) is 49.0. The minimum Gasteiger partial charge on any atom is -0.507 e. The number of anilines is 1. The second-order valence-corrected chi connectivity index (χ2v) is 10.0. The first-order chi connectivity index (χ1) is 19.3. The number of carbonyl (C=O) groups excluding carboxylic acids is 3. The minimum absolute atomic E-state index is 0.117. The number of aliphatic hydroxyl groups excluding tert-OH is 1. The average Bonchev–Trinajstić information content (AvgIpc) is 3.48. The third kappa shape index (κ3) is 4.96. The standard InChI is InChI=1S/C30H25N3O6S/c1-17-28(18(2)34)40-30(32-17)33-25(24(27(36)29(33)37)26(35)20-11-13-31-14-12-20)21-9-10-22(23(15-21)38-3)39-16-19-7-5-4-6-8-19/h4-15,25,35H,16H2,1-3H3/b26-24+. The number of aliphatic hydroxyl groups is 1. The fraction of sp³-hybridized carbons (Fsp3) is 0.167. The number of benzene rings is 2. The van der Waals surface area contributed by atoms with E-state index in [-0.39, 0.29) is 22.2 Å². The van der Waals surface area contributed by atoms with Gasteiger partial charge in [0.25, 0.3) is 5.78 Å². The van der Waals surface area contributed by atoms with Gasteiger partial charge in [0.2, 0.25) is 0 Å². The number of thiazole rings is 1. The highest BCUT2D eigenvalue weighted by atomic mass is 32.1. The second kappa shape index (κ2) is 11.1. The summed E-state index contributed by atoms with van der Waals surface area (Å²) < 4.78 is 11.6. The molecule has 1 aliphatic heterocycles. The van der Waals surface area contributed by atoms with E-state index >= 15 is 0 Å². The van der Waals surface area contributed by atoms with Crippen molar-refractivity contribution in [1.82, 2.24) is 9.97 Å². The van der Waals surface area contributed by atoms with E-state index in [1.165, 1.54) is 31.3 Å². The number of ether oxygens (including phenoxy) is 2. The van der Waals surface area contributed by atoms with Crippen molar-refractivity contribution < 1.29 is 29.0 Å². The summed E-state index contributed by atoms with van der Waals surface area (Å²) in [5.41, 5.74) is 2.11. The number of nitrogens with zero attached hydrogens (tertiary/aromatic N) is 3. The van der Waals surface area contributed by atoms with Crippen LogP contribution >= 0.6 is 11.3 Å². The highest BCUT2D eigenvalue weighted by Gasteiger charge is 2.48. The summed E-state index contributed by atoms with van der Waals surface area (Å²) in [6, 6.07) is 16.8. The van der Waals surface area contributed by atoms with E-state index in [2.05, 4.69) is 9.97 Å². The number of amides is 1. The fourth-order valence-electron chi connectivity index (χ4n) is 4.53. The Morgan fingerprint density at radius 2 is 1.77 bits per heavy atom. The Hall–Kier alpha value is -4.83. The zero-order chi connectivity index (χ0) is 28.4. The molecule has 4 aromatic rings. The van der Waals surface area contributed by atoms with Crippen LogP contribution in [0.3, 0.4) is 0 Å². The number of hydrogen-bond donors (Lipinski definition) is 1. The highest BCUT2D eigenvalue weighted by Crippen LogP contribution is 2.45. The highest BCUT2D eigenvalue weighted by molar-refractivity contribution is 7.18. The largest absolute Gasteiger partial charge is 0.507 e.